The van der Waals surface area contributed by atoms with Crippen LogP contribution in [0.15, 0.2) is 18.3 Å². The zero-order chi connectivity index (χ0) is 11.4. The Bertz CT molecular complexity index is 367. The minimum absolute atomic E-state index is 0.0712. The predicted octanol–water partition coefficient (Wildman–Crippen LogP) is 2.47. The number of aromatic nitrogens is 1. The molecular weight excluding hydrogens is 198 g/mol. The summed E-state index contributed by atoms with van der Waals surface area (Å²) in [5, 5.41) is 9.36. The van der Waals surface area contributed by atoms with Gasteiger partial charge in [-0.1, -0.05) is 12.8 Å². The van der Waals surface area contributed by atoms with Crippen molar-refractivity contribution in [2.24, 2.45) is 7.05 Å². The maximum Gasteiger partial charge on any atom is 0.138 e. The Labute approximate surface area is 97.3 Å². The van der Waals surface area contributed by atoms with Crippen LogP contribution in [0.4, 0.5) is 0 Å². The van der Waals surface area contributed by atoms with Crippen LogP contribution in [-0.4, -0.2) is 22.6 Å². The molecule has 1 atom stereocenters. The molecule has 1 saturated heterocycles. The summed E-state index contributed by atoms with van der Waals surface area (Å²) in [6, 6.07) is 6.44. The van der Waals surface area contributed by atoms with Crippen molar-refractivity contribution >= 4 is 0 Å². The first-order valence-corrected chi connectivity index (χ1v) is 6.08. The zero-order valence-electron chi connectivity index (χ0n) is 9.89. The molecule has 0 aliphatic carbocycles. The van der Waals surface area contributed by atoms with E-state index in [-0.39, 0.29) is 6.04 Å². The molecule has 3 heteroatoms. The van der Waals surface area contributed by atoms with Crippen LogP contribution < -0.4 is 0 Å². The number of hydrogen-bond acceptors (Lipinski definition) is 2. The average molecular weight is 217 g/mol. The zero-order valence-corrected chi connectivity index (χ0v) is 9.89. The highest BCUT2D eigenvalue weighted by molar-refractivity contribution is 5.18. The molecule has 0 spiro atoms. The van der Waals surface area contributed by atoms with Crippen molar-refractivity contribution in [2.45, 2.75) is 31.7 Å². The van der Waals surface area contributed by atoms with Crippen LogP contribution in [0.3, 0.4) is 0 Å². The van der Waals surface area contributed by atoms with Gasteiger partial charge in [-0.3, -0.25) is 4.90 Å². The molecule has 0 amide bonds. The monoisotopic (exact) mass is 217 g/mol. The summed E-state index contributed by atoms with van der Waals surface area (Å²) in [5.41, 5.74) is 1.12. The van der Waals surface area contributed by atoms with Crippen molar-refractivity contribution in [1.82, 2.24) is 9.47 Å². The third kappa shape index (κ3) is 2.28. The predicted molar refractivity (Wildman–Crippen MR) is 63.8 cm³/mol. The fourth-order valence-electron chi connectivity index (χ4n) is 2.45. The number of nitriles is 1. The van der Waals surface area contributed by atoms with Gasteiger partial charge in [0, 0.05) is 18.9 Å². The molecule has 3 nitrogen and oxygen atoms in total. The van der Waals surface area contributed by atoms with Gasteiger partial charge < -0.3 is 4.57 Å². The average Bonchev–Trinajstić information content (AvgIpc) is 2.57. The Balaban J connectivity index is 2.16. The molecule has 1 aromatic heterocycles. The van der Waals surface area contributed by atoms with Crippen LogP contribution in [0.5, 0.6) is 0 Å². The molecule has 1 fully saturated rings. The van der Waals surface area contributed by atoms with Crippen molar-refractivity contribution in [1.29, 1.82) is 5.26 Å². The molecule has 16 heavy (non-hydrogen) atoms. The second kappa shape index (κ2) is 5.18. The molecule has 1 aliphatic rings. The lowest BCUT2D eigenvalue weighted by Crippen LogP contribution is -2.30. The number of hydrogen-bond donors (Lipinski definition) is 0. The van der Waals surface area contributed by atoms with Crippen molar-refractivity contribution in [3.05, 3.63) is 24.0 Å². The third-order valence-electron chi connectivity index (χ3n) is 3.39. The minimum Gasteiger partial charge on any atom is -0.352 e. The highest BCUT2D eigenvalue weighted by Crippen LogP contribution is 2.23. The fraction of sp³-hybridized carbons (Fsp3) is 0.615. The van der Waals surface area contributed by atoms with E-state index in [1.54, 1.807) is 0 Å². The molecule has 2 rings (SSSR count). The molecule has 0 aromatic carbocycles. The Hall–Kier alpha value is -1.27. The van der Waals surface area contributed by atoms with Crippen molar-refractivity contribution < 1.29 is 0 Å². The molecule has 0 bridgehead atoms. The van der Waals surface area contributed by atoms with E-state index >= 15 is 0 Å². The van der Waals surface area contributed by atoms with Crippen LogP contribution in [-0.2, 0) is 7.05 Å². The highest BCUT2D eigenvalue weighted by atomic mass is 15.2. The van der Waals surface area contributed by atoms with Crippen LogP contribution in [0, 0.1) is 11.3 Å². The number of rotatable bonds is 2. The Kier molecular flexibility index (Phi) is 3.63. The van der Waals surface area contributed by atoms with Gasteiger partial charge in [0.05, 0.1) is 6.07 Å². The summed E-state index contributed by atoms with van der Waals surface area (Å²) >= 11 is 0. The molecule has 1 aromatic rings. The van der Waals surface area contributed by atoms with Crippen LogP contribution in [0.1, 0.15) is 37.4 Å². The largest absolute Gasteiger partial charge is 0.352 e. The second-order valence-corrected chi connectivity index (χ2v) is 4.53. The maximum absolute atomic E-state index is 9.36. The van der Waals surface area contributed by atoms with E-state index in [2.05, 4.69) is 21.6 Å². The van der Waals surface area contributed by atoms with Gasteiger partial charge in [0.2, 0.25) is 0 Å². The number of aryl methyl sites for hydroxylation is 1. The maximum atomic E-state index is 9.36. The second-order valence-electron chi connectivity index (χ2n) is 4.53. The molecule has 0 saturated carbocycles. The van der Waals surface area contributed by atoms with E-state index in [0.717, 1.165) is 18.8 Å². The highest BCUT2D eigenvalue weighted by Gasteiger charge is 2.22. The van der Waals surface area contributed by atoms with Crippen LogP contribution >= 0.6 is 0 Å². The summed E-state index contributed by atoms with van der Waals surface area (Å²) < 4.78 is 2.05. The minimum atomic E-state index is -0.0712. The van der Waals surface area contributed by atoms with E-state index in [9.17, 15) is 5.26 Å². The molecule has 0 radical (unpaired) electrons. The van der Waals surface area contributed by atoms with E-state index in [1.807, 2.05) is 19.3 Å². The lowest BCUT2D eigenvalue weighted by molar-refractivity contribution is 0.239. The molecular formula is C13H19N3. The van der Waals surface area contributed by atoms with Gasteiger partial charge in [0.25, 0.3) is 0 Å². The standard InChI is InChI=1S/C13H19N3/c1-15-8-6-7-12(15)13(11-14)16-9-4-2-3-5-10-16/h6-8,13H,2-5,9-10H2,1H3/t13-/m0/s1. The normalized spacial score (nSPS) is 20.0. The van der Waals surface area contributed by atoms with Gasteiger partial charge in [0.1, 0.15) is 6.04 Å². The van der Waals surface area contributed by atoms with Crippen molar-refractivity contribution in [3.8, 4) is 6.07 Å². The summed E-state index contributed by atoms with van der Waals surface area (Å²) in [4.78, 5) is 2.32. The summed E-state index contributed by atoms with van der Waals surface area (Å²) in [6.45, 7) is 2.12. The summed E-state index contributed by atoms with van der Waals surface area (Å²) in [6.07, 6.45) is 7.08. The van der Waals surface area contributed by atoms with Gasteiger partial charge in [-0.15, -0.1) is 0 Å². The van der Waals surface area contributed by atoms with Gasteiger partial charge in [0.15, 0.2) is 0 Å². The quantitative estimate of drug-likeness (QED) is 0.762. The van der Waals surface area contributed by atoms with E-state index in [4.69, 9.17) is 0 Å². The fourth-order valence-corrected chi connectivity index (χ4v) is 2.45. The summed E-state index contributed by atoms with van der Waals surface area (Å²) in [5.74, 6) is 0. The first-order valence-electron chi connectivity index (χ1n) is 6.08. The van der Waals surface area contributed by atoms with E-state index in [1.165, 1.54) is 25.7 Å². The number of likely N-dealkylation sites (tertiary alicyclic amines) is 1. The first-order chi connectivity index (χ1) is 7.83. The van der Waals surface area contributed by atoms with Crippen molar-refractivity contribution in [2.75, 3.05) is 13.1 Å². The molecule has 1 aliphatic heterocycles. The van der Waals surface area contributed by atoms with Crippen LogP contribution in [0.25, 0.3) is 0 Å². The Morgan fingerprint density at radius 3 is 2.44 bits per heavy atom. The Morgan fingerprint density at radius 1 is 1.25 bits per heavy atom. The van der Waals surface area contributed by atoms with E-state index in [0.29, 0.717) is 0 Å². The smallest absolute Gasteiger partial charge is 0.138 e. The topological polar surface area (TPSA) is 32.0 Å². The molecule has 0 unspecified atom stereocenters. The van der Waals surface area contributed by atoms with Crippen molar-refractivity contribution in [3.63, 3.8) is 0 Å². The SMILES string of the molecule is Cn1cccc1[C@H](C#N)N1CCCCCC1. The van der Waals surface area contributed by atoms with Crippen LogP contribution in [0.2, 0.25) is 0 Å². The lowest BCUT2D eigenvalue weighted by Gasteiger charge is -2.25. The summed E-state index contributed by atoms with van der Waals surface area (Å²) in [7, 11) is 2.01. The van der Waals surface area contributed by atoms with Gasteiger partial charge in [-0.2, -0.15) is 5.26 Å². The molecule has 0 N–H and O–H groups in total. The van der Waals surface area contributed by atoms with Gasteiger partial charge >= 0.3 is 0 Å². The number of nitrogens with zero attached hydrogens (tertiary/aromatic N) is 3. The third-order valence-corrected chi connectivity index (χ3v) is 3.39. The Morgan fingerprint density at radius 2 is 1.94 bits per heavy atom. The van der Waals surface area contributed by atoms with E-state index < -0.39 is 0 Å². The molecule has 2 heterocycles. The molecule has 86 valence electrons. The van der Waals surface area contributed by atoms with Gasteiger partial charge in [-0.25, -0.2) is 0 Å². The first kappa shape index (κ1) is 11.2. The lowest BCUT2D eigenvalue weighted by atomic mass is 10.2. The van der Waals surface area contributed by atoms with Gasteiger partial charge in [-0.05, 0) is 38.1 Å².